The summed E-state index contributed by atoms with van der Waals surface area (Å²) in [6.07, 6.45) is 1.93. The number of hydrogen-bond donors (Lipinski definition) is 1. The van der Waals surface area contributed by atoms with Crippen LogP contribution in [0.25, 0.3) is 0 Å². The second-order valence-electron chi connectivity index (χ2n) is 9.58. The van der Waals surface area contributed by atoms with Gasteiger partial charge in [-0.3, -0.25) is 0 Å². The number of esters is 1. The van der Waals surface area contributed by atoms with Crippen LogP contribution in [0.4, 0.5) is 0 Å². The zero-order valence-electron chi connectivity index (χ0n) is 19.1. The summed E-state index contributed by atoms with van der Waals surface area (Å²) in [5.74, 6) is 0.623. The Morgan fingerprint density at radius 2 is 1.69 bits per heavy atom. The van der Waals surface area contributed by atoms with Crippen molar-refractivity contribution in [3.63, 3.8) is 0 Å². The maximum absolute atomic E-state index is 13.1. The Kier molecular flexibility index (Phi) is 7.73. The average molecular weight is 502 g/mol. The van der Waals surface area contributed by atoms with Gasteiger partial charge in [-0.15, -0.1) is 0 Å². The molecule has 0 bridgehead atoms. The van der Waals surface area contributed by atoms with E-state index in [9.17, 15) is 9.90 Å². The van der Waals surface area contributed by atoms with E-state index in [1.807, 2.05) is 48.5 Å². The first-order valence-electron chi connectivity index (χ1n) is 11.7. The van der Waals surface area contributed by atoms with Gasteiger partial charge >= 0.3 is 198 Å². The molecule has 0 amide bonds. The van der Waals surface area contributed by atoms with Gasteiger partial charge in [0, 0.05) is 0 Å². The van der Waals surface area contributed by atoms with Gasteiger partial charge in [-0.1, -0.05) is 0 Å². The van der Waals surface area contributed by atoms with Gasteiger partial charge in [0.2, 0.25) is 0 Å². The summed E-state index contributed by atoms with van der Waals surface area (Å²) < 4.78 is 13.7. The summed E-state index contributed by atoms with van der Waals surface area (Å²) in [5, 5.41) is 11.2. The van der Waals surface area contributed by atoms with Crippen LogP contribution in [0.2, 0.25) is 4.82 Å². The molecule has 0 unspecified atom stereocenters. The van der Waals surface area contributed by atoms with Crippen LogP contribution in [-0.4, -0.2) is 38.4 Å². The molecule has 2 aliphatic rings. The molecule has 0 radical (unpaired) electrons. The Bertz CT molecular complexity index is 872. The zero-order chi connectivity index (χ0) is 22.7. The summed E-state index contributed by atoms with van der Waals surface area (Å²) in [6, 6.07) is 19.6. The normalized spacial score (nSPS) is 31.5. The van der Waals surface area contributed by atoms with Crippen molar-refractivity contribution in [2.24, 2.45) is 23.7 Å². The van der Waals surface area contributed by atoms with Crippen LogP contribution in [-0.2, 0) is 14.3 Å². The number of carbonyl (C=O) groups excluding carboxylic acids is 1. The first-order valence-corrected chi connectivity index (χ1v) is 13.6. The molecule has 4 nitrogen and oxygen atoms in total. The number of aliphatic hydroxyl groups is 1. The van der Waals surface area contributed by atoms with Crippen LogP contribution in [0.15, 0.2) is 60.7 Å². The second kappa shape index (κ2) is 10.5. The predicted molar refractivity (Wildman–Crippen MR) is 127 cm³/mol. The molecular weight excluding hydrogens is 467 g/mol. The number of hydrogen-bond acceptors (Lipinski definition) is 4. The Hall–Kier alpha value is -1.65. The fourth-order valence-corrected chi connectivity index (χ4v) is 7.72. The third-order valence-corrected chi connectivity index (χ3v) is 9.69. The maximum atomic E-state index is 13.1. The van der Waals surface area contributed by atoms with E-state index in [0.29, 0.717) is 17.8 Å². The third-order valence-electron chi connectivity index (χ3n) is 6.89. The second-order valence-corrected chi connectivity index (χ2v) is 12.2. The van der Waals surface area contributed by atoms with Gasteiger partial charge in [0.15, 0.2) is 0 Å². The Morgan fingerprint density at radius 3 is 2.34 bits per heavy atom. The van der Waals surface area contributed by atoms with E-state index < -0.39 is 18.3 Å². The predicted octanol–water partition coefficient (Wildman–Crippen LogP) is 4.51. The molecule has 1 aliphatic carbocycles. The molecule has 0 aromatic heterocycles. The van der Waals surface area contributed by atoms with Crippen molar-refractivity contribution < 1.29 is 19.4 Å². The summed E-state index contributed by atoms with van der Waals surface area (Å²) in [5.41, 5.74) is 0.746. The van der Waals surface area contributed by atoms with Crippen LogP contribution in [0.3, 0.4) is 0 Å². The fraction of sp³-hybridized carbons (Fsp3) is 0.519. The number of cyclic esters (lactones) is 1. The summed E-state index contributed by atoms with van der Waals surface area (Å²) in [4.78, 5) is 12.9. The van der Waals surface area contributed by atoms with E-state index in [4.69, 9.17) is 9.47 Å². The molecule has 4 rings (SSSR count). The van der Waals surface area contributed by atoms with E-state index >= 15 is 0 Å². The van der Waals surface area contributed by atoms with Crippen molar-refractivity contribution in [2.45, 2.75) is 63.3 Å². The summed E-state index contributed by atoms with van der Waals surface area (Å²) in [7, 11) is 0. The van der Waals surface area contributed by atoms with E-state index in [1.165, 1.54) is 10.9 Å². The molecule has 5 heteroatoms. The SMILES string of the molecule is CC(C)[C@H]1CC[C@@H](C)C[C@H]1O[C@@H]1OC(=O)[C@H]([C@@H](O)c2ccccc2)[C@H]1[Se]c1ccccc1. The van der Waals surface area contributed by atoms with Gasteiger partial charge in [0.05, 0.1) is 0 Å². The quantitative estimate of drug-likeness (QED) is 0.448. The van der Waals surface area contributed by atoms with Crippen molar-refractivity contribution in [1.82, 2.24) is 0 Å². The molecule has 172 valence electrons. The first kappa shape index (κ1) is 23.5. The third kappa shape index (κ3) is 5.28. The molecular formula is C27H34O4Se. The molecule has 1 heterocycles. The van der Waals surface area contributed by atoms with Gasteiger partial charge in [-0.05, 0) is 0 Å². The van der Waals surface area contributed by atoms with E-state index in [-0.39, 0.29) is 31.8 Å². The molecule has 1 saturated heterocycles. The molecule has 32 heavy (non-hydrogen) atoms. The minimum absolute atomic E-state index is 0.0773. The van der Waals surface area contributed by atoms with Gasteiger partial charge < -0.3 is 0 Å². The molecule has 1 saturated carbocycles. The Morgan fingerprint density at radius 1 is 1.03 bits per heavy atom. The van der Waals surface area contributed by atoms with Crippen molar-refractivity contribution in [1.29, 1.82) is 0 Å². The van der Waals surface area contributed by atoms with Crippen LogP contribution in [0, 0.1) is 23.7 Å². The molecule has 0 spiro atoms. The number of carbonyl (C=O) groups is 1. The van der Waals surface area contributed by atoms with Gasteiger partial charge in [0.1, 0.15) is 0 Å². The van der Waals surface area contributed by atoms with Crippen LogP contribution < -0.4 is 4.46 Å². The topological polar surface area (TPSA) is 55.8 Å². The van der Waals surface area contributed by atoms with Crippen LogP contribution in [0.5, 0.6) is 0 Å². The Labute approximate surface area is 197 Å². The minimum atomic E-state index is -0.904. The van der Waals surface area contributed by atoms with Crippen LogP contribution in [0.1, 0.15) is 51.7 Å². The monoisotopic (exact) mass is 502 g/mol. The number of benzene rings is 2. The van der Waals surface area contributed by atoms with E-state index in [1.54, 1.807) is 0 Å². The van der Waals surface area contributed by atoms with Gasteiger partial charge in [-0.25, -0.2) is 0 Å². The van der Waals surface area contributed by atoms with Crippen molar-refractivity contribution in [2.75, 3.05) is 0 Å². The first-order chi connectivity index (χ1) is 15.4. The van der Waals surface area contributed by atoms with Crippen molar-refractivity contribution in [3.8, 4) is 0 Å². The molecule has 7 atom stereocenters. The molecule has 2 aromatic rings. The summed E-state index contributed by atoms with van der Waals surface area (Å²) in [6.45, 7) is 6.79. The molecule has 2 aromatic carbocycles. The number of rotatable bonds is 7. The number of ether oxygens (including phenoxy) is 2. The van der Waals surface area contributed by atoms with E-state index in [0.717, 1.165) is 18.4 Å². The standard InChI is InChI=1S/C27H34O4Se/c1-17(2)21-15-14-18(3)16-22(21)30-27-25(32-20-12-8-5-9-13-20)23(26(29)31-27)24(28)19-10-6-4-7-11-19/h4-13,17-18,21-25,27-28H,14-16H2,1-3H3/t18-,21-,22-,23-,24+,25-,27-/m1/s1. The molecule has 2 fully saturated rings. The average Bonchev–Trinajstić information content (AvgIpc) is 3.08. The zero-order valence-corrected chi connectivity index (χ0v) is 20.8. The van der Waals surface area contributed by atoms with Gasteiger partial charge in [-0.2, -0.15) is 0 Å². The number of aliphatic hydroxyl groups excluding tert-OH is 1. The van der Waals surface area contributed by atoms with Crippen molar-refractivity contribution in [3.05, 3.63) is 66.2 Å². The fourth-order valence-electron chi connectivity index (χ4n) is 5.06. The molecule has 1 aliphatic heterocycles. The molecule has 1 N–H and O–H groups in total. The Balaban J connectivity index is 1.60. The van der Waals surface area contributed by atoms with E-state index in [2.05, 4.69) is 32.9 Å². The van der Waals surface area contributed by atoms with Crippen LogP contribution >= 0.6 is 0 Å². The van der Waals surface area contributed by atoms with Crippen molar-refractivity contribution >= 4 is 25.4 Å². The summed E-state index contributed by atoms with van der Waals surface area (Å²) >= 11 is -0.0773. The van der Waals surface area contributed by atoms with Gasteiger partial charge in [0.25, 0.3) is 0 Å².